The molecule has 3 N–H and O–H groups in total. The van der Waals surface area contributed by atoms with Gasteiger partial charge in [-0.15, -0.1) is 0 Å². The van der Waals surface area contributed by atoms with E-state index in [1.54, 1.807) is 7.05 Å². The Morgan fingerprint density at radius 2 is 1.89 bits per heavy atom. The number of imidazole rings is 1. The molecule has 1 rings (SSSR count). The highest BCUT2D eigenvalue weighted by Gasteiger charge is 2.46. The number of nitrogens with two attached hydrogens (primary N) is 1. The van der Waals surface area contributed by atoms with Crippen molar-refractivity contribution in [2.75, 3.05) is 40.0 Å². The zero-order valence-corrected chi connectivity index (χ0v) is 16.2. The van der Waals surface area contributed by atoms with Gasteiger partial charge in [0.2, 0.25) is 17.4 Å². The number of hydrogen-bond donors (Lipinski definition) is 2. The molecule has 1 aromatic rings. The van der Waals surface area contributed by atoms with Gasteiger partial charge in [-0.3, -0.25) is 14.4 Å². The first kappa shape index (κ1) is 22.9. The molecule has 12 nitrogen and oxygen atoms in total. The van der Waals surface area contributed by atoms with Gasteiger partial charge in [-0.05, 0) is 0 Å². The molecule has 0 aliphatic heterocycles. The molecule has 0 aromatic carbocycles. The van der Waals surface area contributed by atoms with Crippen LogP contribution >= 0.6 is 0 Å². The second-order valence-electron chi connectivity index (χ2n) is 7.12. The van der Waals surface area contributed by atoms with E-state index in [2.05, 4.69) is 9.72 Å². The first-order valence-corrected chi connectivity index (χ1v) is 8.19. The summed E-state index contributed by atoms with van der Waals surface area (Å²) in [6, 6.07) is 0. The highest BCUT2D eigenvalue weighted by atomic mass is 16.6. The number of rotatable bonds is 11. The van der Waals surface area contributed by atoms with Gasteiger partial charge in [0, 0.05) is 7.05 Å². The van der Waals surface area contributed by atoms with Crippen LogP contribution in [0, 0.1) is 0 Å². The molecule has 1 unspecified atom stereocenters. The number of carboxylic acid groups (broad SMARTS) is 1. The molecule has 1 aromatic heterocycles. The number of aliphatic carboxylic acids is 1. The largest absolute Gasteiger partial charge is 0.478 e. The van der Waals surface area contributed by atoms with Crippen LogP contribution in [0.5, 0.6) is 5.88 Å². The Morgan fingerprint density at radius 3 is 2.36 bits per heavy atom. The van der Waals surface area contributed by atoms with Gasteiger partial charge in [0.1, 0.15) is 13.2 Å². The lowest BCUT2D eigenvalue weighted by Gasteiger charge is -2.26. The molecular weight excluding hydrogens is 376 g/mol. The third-order valence-corrected chi connectivity index (χ3v) is 3.66. The second-order valence-corrected chi connectivity index (χ2v) is 7.12. The number of quaternary nitrogens is 1. The third-order valence-electron chi connectivity index (χ3n) is 3.66. The molecule has 0 aliphatic rings. The standard InChI is InChI=1S/C16H24N4O8/c1-19-9-11(18-15(19)17)28-13(23)8-16(14(24)25,27-10-21)7-12(22)26-6-5-20(2,3)4/h9-10H,5-8H2,1-4H3,(H2-,17,18,24,25)/p+1. The zero-order valence-electron chi connectivity index (χ0n) is 16.2. The van der Waals surface area contributed by atoms with Crippen molar-refractivity contribution in [2.24, 2.45) is 7.05 Å². The van der Waals surface area contributed by atoms with E-state index in [0.717, 1.165) is 0 Å². The molecule has 0 fully saturated rings. The van der Waals surface area contributed by atoms with Crippen LogP contribution in [0.4, 0.5) is 5.95 Å². The zero-order chi connectivity index (χ0) is 21.5. The number of likely N-dealkylation sites (N-methyl/N-ethyl adjacent to an activating group) is 1. The fraction of sp³-hybridized carbons (Fsp3) is 0.562. The summed E-state index contributed by atoms with van der Waals surface area (Å²) in [6.45, 7) is 0.347. The van der Waals surface area contributed by atoms with Crippen LogP contribution in [0.2, 0.25) is 0 Å². The second kappa shape index (κ2) is 9.17. The minimum absolute atomic E-state index is 0.0246. The molecule has 0 bridgehead atoms. The number of anilines is 1. The van der Waals surface area contributed by atoms with E-state index in [9.17, 15) is 24.3 Å². The van der Waals surface area contributed by atoms with E-state index in [1.807, 2.05) is 21.1 Å². The summed E-state index contributed by atoms with van der Waals surface area (Å²) in [5, 5.41) is 9.48. The van der Waals surface area contributed by atoms with Crippen molar-refractivity contribution in [2.45, 2.75) is 18.4 Å². The molecule has 0 saturated carbocycles. The van der Waals surface area contributed by atoms with Crippen LogP contribution in [0.1, 0.15) is 12.8 Å². The summed E-state index contributed by atoms with van der Waals surface area (Å²) in [7, 11) is 7.20. The fourth-order valence-corrected chi connectivity index (χ4v) is 2.04. The average Bonchev–Trinajstić information content (AvgIpc) is 2.83. The number of aromatic nitrogens is 2. The van der Waals surface area contributed by atoms with Gasteiger partial charge in [0.15, 0.2) is 0 Å². The molecule has 0 aliphatic carbocycles. The van der Waals surface area contributed by atoms with Gasteiger partial charge in [0.05, 0.1) is 40.2 Å². The third kappa shape index (κ3) is 6.87. The number of esters is 2. The molecule has 1 heterocycles. The summed E-state index contributed by atoms with van der Waals surface area (Å²) in [4.78, 5) is 50.4. The van der Waals surface area contributed by atoms with Gasteiger partial charge in [0.25, 0.3) is 6.47 Å². The minimum Gasteiger partial charge on any atom is -0.478 e. The topological polar surface area (TPSA) is 160 Å². The lowest BCUT2D eigenvalue weighted by Crippen LogP contribution is -2.46. The summed E-state index contributed by atoms with van der Waals surface area (Å²) in [5.74, 6) is -3.81. The van der Waals surface area contributed by atoms with Crippen molar-refractivity contribution < 1.29 is 43.0 Å². The lowest BCUT2D eigenvalue weighted by molar-refractivity contribution is -0.870. The Bertz CT molecular complexity index is 720. The van der Waals surface area contributed by atoms with E-state index in [1.165, 1.54) is 10.8 Å². The molecule has 0 amide bonds. The van der Waals surface area contributed by atoms with Crippen LogP contribution in [0.15, 0.2) is 6.20 Å². The molecular formula is C16H25N4O8+. The highest BCUT2D eigenvalue weighted by molar-refractivity contribution is 5.90. The van der Waals surface area contributed by atoms with Crippen LogP contribution in [-0.2, 0) is 35.7 Å². The maximum Gasteiger partial charge on any atom is 0.349 e. The predicted molar refractivity (Wildman–Crippen MR) is 93.9 cm³/mol. The van der Waals surface area contributed by atoms with E-state index in [0.29, 0.717) is 11.0 Å². The minimum atomic E-state index is -2.47. The van der Waals surface area contributed by atoms with Crippen molar-refractivity contribution >= 4 is 30.3 Å². The summed E-state index contributed by atoms with van der Waals surface area (Å²) in [5.41, 5.74) is 3.05. The highest BCUT2D eigenvalue weighted by Crippen LogP contribution is 2.23. The fourth-order valence-electron chi connectivity index (χ4n) is 2.04. The maximum atomic E-state index is 12.1. The normalized spacial score (nSPS) is 13.3. The Labute approximate surface area is 161 Å². The van der Waals surface area contributed by atoms with Gasteiger partial charge in [-0.25, -0.2) is 4.79 Å². The van der Waals surface area contributed by atoms with Gasteiger partial charge < -0.3 is 34.1 Å². The van der Waals surface area contributed by atoms with Crippen LogP contribution < -0.4 is 10.5 Å². The van der Waals surface area contributed by atoms with Crippen molar-refractivity contribution in [1.82, 2.24) is 9.55 Å². The number of nitrogens with zero attached hydrogens (tertiary/aromatic N) is 3. The number of carboxylic acids is 1. The molecule has 12 heteroatoms. The number of aryl methyl sites for hydroxylation is 1. The number of hydrogen-bond acceptors (Lipinski definition) is 9. The Balaban J connectivity index is 2.84. The Hall–Kier alpha value is -3.15. The maximum absolute atomic E-state index is 12.1. The van der Waals surface area contributed by atoms with Crippen LogP contribution in [0.3, 0.4) is 0 Å². The van der Waals surface area contributed by atoms with Crippen LogP contribution in [0.25, 0.3) is 0 Å². The summed E-state index contributed by atoms with van der Waals surface area (Å²) >= 11 is 0. The molecule has 0 radical (unpaired) electrons. The van der Waals surface area contributed by atoms with E-state index < -0.39 is 36.4 Å². The number of ether oxygens (including phenoxy) is 3. The van der Waals surface area contributed by atoms with Gasteiger partial charge in [-0.2, -0.15) is 4.98 Å². The molecule has 0 saturated heterocycles. The van der Waals surface area contributed by atoms with Crippen molar-refractivity contribution in [3.05, 3.63) is 6.20 Å². The molecule has 156 valence electrons. The van der Waals surface area contributed by atoms with Gasteiger partial charge >= 0.3 is 17.9 Å². The van der Waals surface area contributed by atoms with E-state index in [-0.39, 0.29) is 24.9 Å². The van der Waals surface area contributed by atoms with E-state index in [4.69, 9.17) is 15.2 Å². The smallest absolute Gasteiger partial charge is 0.349 e. The number of carbonyl (C=O) groups excluding carboxylic acids is 3. The SMILES string of the molecule is Cn1cc(OC(=O)CC(CC(=O)OCC[N+](C)(C)C)(OC=O)C(=O)O)nc1N. The number of nitrogen functional groups attached to an aromatic ring is 1. The number of carbonyl (C=O) groups is 4. The first-order chi connectivity index (χ1) is 12.9. The molecule has 0 spiro atoms. The average molecular weight is 401 g/mol. The van der Waals surface area contributed by atoms with Crippen LogP contribution in [-0.4, -0.2) is 83.4 Å². The van der Waals surface area contributed by atoms with Crippen molar-refractivity contribution in [3.8, 4) is 5.88 Å². The molecule has 28 heavy (non-hydrogen) atoms. The molecule has 1 atom stereocenters. The first-order valence-electron chi connectivity index (χ1n) is 8.19. The van der Waals surface area contributed by atoms with Gasteiger partial charge in [-0.1, -0.05) is 0 Å². The monoisotopic (exact) mass is 401 g/mol. The Kier molecular flexibility index (Phi) is 7.50. The van der Waals surface area contributed by atoms with Crippen molar-refractivity contribution in [1.29, 1.82) is 0 Å². The quantitative estimate of drug-likeness (QED) is 0.265. The lowest BCUT2D eigenvalue weighted by atomic mass is 9.95. The predicted octanol–water partition coefficient (Wildman–Crippen LogP) is -1.07. The Morgan fingerprint density at radius 1 is 1.29 bits per heavy atom. The van der Waals surface area contributed by atoms with Crippen molar-refractivity contribution in [3.63, 3.8) is 0 Å². The summed E-state index contributed by atoms with van der Waals surface area (Å²) < 4.78 is 16.4. The van der Waals surface area contributed by atoms with E-state index >= 15 is 0 Å². The summed E-state index contributed by atoms with van der Waals surface area (Å²) in [6.07, 6.45) is -0.491.